The number of phosphoric acid groups is 1. The summed E-state index contributed by atoms with van der Waals surface area (Å²) < 4.78 is 14.8. The van der Waals surface area contributed by atoms with E-state index in [1.165, 1.54) is 7.11 Å². The van der Waals surface area contributed by atoms with Crippen LogP contribution in [0.3, 0.4) is 0 Å². The van der Waals surface area contributed by atoms with E-state index in [1.54, 1.807) is 12.1 Å². The number of likely N-dealkylation sites (N-methyl/N-ethyl adjacent to an activating group) is 1. The number of nitrogens with one attached hydrogen (secondary N) is 1. The molecule has 0 saturated heterocycles. The Morgan fingerprint density at radius 3 is 2.28 bits per heavy atom. The molecule has 0 heterocycles. The van der Waals surface area contributed by atoms with Gasteiger partial charge in [0.1, 0.15) is 5.75 Å². The molecule has 0 saturated carbocycles. The molecule has 8 nitrogen and oxygen atoms in total. The van der Waals surface area contributed by atoms with E-state index in [4.69, 9.17) is 35.6 Å². The molecule has 25 heavy (non-hydrogen) atoms. The first kappa shape index (κ1) is 24.3. The number of hydrogen-bond donors (Lipinski definition) is 4. The second kappa shape index (κ2) is 11.9. The lowest BCUT2D eigenvalue weighted by atomic mass is 10.2. The number of carbonyl (C=O) groups excluding carboxylic acids is 1. The van der Waals surface area contributed by atoms with Gasteiger partial charge in [0.25, 0.3) is 5.91 Å². The summed E-state index contributed by atoms with van der Waals surface area (Å²) in [6.45, 7) is 7.55. The first-order valence-corrected chi connectivity index (χ1v) is 10.1. The molecule has 1 aromatic carbocycles. The van der Waals surface area contributed by atoms with Gasteiger partial charge in [-0.15, -0.1) is 0 Å². The molecule has 0 aliphatic rings. The first-order valence-electron chi connectivity index (χ1n) is 7.35. The number of carbonyl (C=O) groups is 1. The standard InChI is InChI=1S/C14H20BrClN2O2.H3O4P/c1-4-18(5-2)7-6-17-14(19)11-8-10(15)9-12(16)13(11)20-3;1-5(2,3)4/h8-9H,4-7H2,1-3H3,(H,17,19);(H3,1,2,3,4). The van der Waals surface area contributed by atoms with Crippen molar-refractivity contribution >= 4 is 41.3 Å². The third kappa shape index (κ3) is 10.8. The highest BCUT2D eigenvalue weighted by atomic mass is 79.9. The molecule has 0 aromatic heterocycles. The Kier molecular flexibility index (Phi) is 11.5. The molecule has 1 aromatic rings. The van der Waals surface area contributed by atoms with E-state index in [2.05, 4.69) is 40.0 Å². The number of halogens is 2. The fourth-order valence-electron chi connectivity index (χ4n) is 1.90. The Hall–Kier alpha value is -0.670. The predicted octanol–water partition coefficient (Wildman–Crippen LogP) is 2.25. The second-order valence-electron chi connectivity index (χ2n) is 4.76. The van der Waals surface area contributed by atoms with Gasteiger partial charge in [-0.25, -0.2) is 4.57 Å². The highest BCUT2D eigenvalue weighted by Crippen LogP contribution is 2.32. The molecule has 0 radical (unpaired) electrons. The molecular formula is C14H23BrClN2O6P. The maximum absolute atomic E-state index is 12.2. The summed E-state index contributed by atoms with van der Waals surface area (Å²) in [6.07, 6.45) is 0. The smallest absolute Gasteiger partial charge is 0.466 e. The van der Waals surface area contributed by atoms with E-state index in [9.17, 15) is 4.79 Å². The number of hydrogen-bond acceptors (Lipinski definition) is 4. The summed E-state index contributed by atoms with van der Waals surface area (Å²) in [5.41, 5.74) is 0.437. The minimum absolute atomic E-state index is 0.183. The molecule has 0 bridgehead atoms. The van der Waals surface area contributed by atoms with Gasteiger partial charge in [-0.2, -0.15) is 0 Å². The molecule has 1 amide bonds. The van der Waals surface area contributed by atoms with Gasteiger partial charge in [-0.05, 0) is 25.2 Å². The van der Waals surface area contributed by atoms with Crippen LogP contribution in [-0.2, 0) is 4.57 Å². The van der Waals surface area contributed by atoms with E-state index in [-0.39, 0.29) is 5.91 Å². The van der Waals surface area contributed by atoms with E-state index < -0.39 is 7.82 Å². The van der Waals surface area contributed by atoms with Crippen molar-refractivity contribution in [1.82, 2.24) is 10.2 Å². The van der Waals surface area contributed by atoms with Crippen LogP contribution in [0.25, 0.3) is 0 Å². The summed E-state index contributed by atoms with van der Waals surface area (Å²) in [5.74, 6) is 0.215. The van der Waals surface area contributed by atoms with Crippen molar-refractivity contribution in [2.45, 2.75) is 13.8 Å². The second-order valence-corrected chi connectivity index (χ2v) is 7.11. The van der Waals surface area contributed by atoms with Crippen LogP contribution in [0.2, 0.25) is 5.02 Å². The molecule has 0 spiro atoms. The summed E-state index contributed by atoms with van der Waals surface area (Å²) in [7, 11) is -3.14. The highest BCUT2D eigenvalue weighted by molar-refractivity contribution is 9.10. The molecule has 0 unspecified atom stereocenters. The molecule has 0 aliphatic carbocycles. The number of nitrogens with zero attached hydrogens (tertiary/aromatic N) is 1. The molecular weight excluding hydrogens is 438 g/mol. The van der Waals surface area contributed by atoms with E-state index in [0.29, 0.717) is 22.9 Å². The molecule has 1 rings (SSSR count). The van der Waals surface area contributed by atoms with Crippen molar-refractivity contribution in [3.8, 4) is 5.75 Å². The maximum Gasteiger partial charge on any atom is 0.466 e. The van der Waals surface area contributed by atoms with Crippen LogP contribution in [0.4, 0.5) is 0 Å². The van der Waals surface area contributed by atoms with Crippen LogP contribution in [0.15, 0.2) is 16.6 Å². The van der Waals surface area contributed by atoms with Crippen LogP contribution in [0, 0.1) is 0 Å². The third-order valence-electron chi connectivity index (χ3n) is 3.07. The Morgan fingerprint density at radius 1 is 1.32 bits per heavy atom. The van der Waals surface area contributed by atoms with Gasteiger partial charge in [0, 0.05) is 17.6 Å². The minimum Gasteiger partial charge on any atom is -0.494 e. The maximum atomic E-state index is 12.2. The number of benzene rings is 1. The molecule has 4 N–H and O–H groups in total. The SMILES string of the molecule is CCN(CC)CCNC(=O)c1cc(Br)cc(Cl)c1OC.O=P(O)(O)O. The Labute approximate surface area is 160 Å². The fraction of sp³-hybridized carbons (Fsp3) is 0.500. The quantitative estimate of drug-likeness (QED) is 0.460. The van der Waals surface area contributed by atoms with Crippen LogP contribution >= 0.6 is 35.4 Å². The summed E-state index contributed by atoms with van der Waals surface area (Å²) in [4.78, 5) is 36.0. The zero-order chi connectivity index (χ0) is 19.6. The van der Waals surface area contributed by atoms with Crippen molar-refractivity contribution in [1.29, 1.82) is 0 Å². The van der Waals surface area contributed by atoms with Gasteiger partial charge < -0.3 is 29.6 Å². The number of rotatable bonds is 7. The largest absolute Gasteiger partial charge is 0.494 e. The van der Waals surface area contributed by atoms with Gasteiger partial charge >= 0.3 is 7.82 Å². The zero-order valence-electron chi connectivity index (χ0n) is 14.2. The highest BCUT2D eigenvalue weighted by Gasteiger charge is 2.16. The minimum atomic E-state index is -4.64. The molecule has 11 heteroatoms. The van der Waals surface area contributed by atoms with E-state index >= 15 is 0 Å². The van der Waals surface area contributed by atoms with Gasteiger partial charge in [-0.1, -0.05) is 41.4 Å². The Morgan fingerprint density at radius 2 is 1.84 bits per heavy atom. The van der Waals surface area contributed by atoms with Crippen molar-refractivity contribution in [3.63, 3.8) is 0 Å². The van der Waals surface area contributed by atoms with Gasteiger partial charge in [-0.3, -0.25) is 4.79 Å². The lowest BCUT2D eigenvalue weighted by molar-refractivity contribution is 0.0945. The van der Waals surface area contributed by atoms with E-state index in [0.717, 1.165) is 24.1 Å². The zero-order valence-corrected chi connectivity index (χ0v) is 17.4. The lowest BCUT2D eigenvalue weighted by Crippen LogP contribution is -2.34. The van der Waals surface area contributed by atoms with Gasteiger partial charge in [0.2, 0.25) is 0 Å². The first-order chi connectivity index (χ1) is 11.5. The average molecular weight is 462 g/mol. The molecule has 0 fully saturated rings. The van der Waals surface area contributed by atoms with E-state index in [1.807, 2.05) is 0 Å². The van der Waals surface area contributed by atoms with Crippen LogP contribution in [0.5, 0.6) is 5.75 Å². The van der Waals surface area contributed by atoms with Crippen LogP contribution in [-0.4, -0.2) is 58.8 Å². The molecule has 0 aliphatic heterocycles. The van der Waals surface area contributed by atoms with Crippen molar-refractivity contribution < 1.29 is 28.8 Å². The van der Waals surface area contributed by atoms with Crippen LogP contribution < -0.4 is 10.1 Å². The summed E-state index contributed by atoms with van der Waals surface area (Å²) in [5, 5.41) is 3.30. The third-order valence-corrected chi connectivity index (χ3v) is 3.80. The predicted molar refractivity (Wildman–Crippen MR) is 100 cm³/mol. The summed E-state index contributed by atoms with van der Waals surface area (Å²) in [6, 6.07) is 3.41. The fourth-order valence-corrected chi connectivity index (χ4v) is 2.79. The lowest BCUT2D eigenvalue weighted by Gasteiger charge is -2.18. The van der Waals surface area contributed by atoms with Gasteiger partial charge in [0.15, 0.2) is 0 Å². The number of methoxy groups -OCH3 is 1. The average Bonchev–Trinajstić information content (AvgIpc) is 2.49. The van der Waals surface area contributed by atoms with Crippen molar-refractivity contribution in [2.75, 3.05) is 33.3 Å². The Bertz CT molecular complexity index is 601. The topological polar surface area (TPSA) is 119 Å². The van der Waals surface area contributed by atoms with Crippen LogP contribution in [0.1, 0.15) is 24.2 Å². The van der Waals surface area contributed by atoms with Crippen molar-refractivity contribution in [2.24, 2.45) is 0 Å². The normalized spacial score (nSPS) is 10.9. The van der Waals surface area contributed by atoms with Crippen molar-refractivity contribution in [3.05, 3.63) is 27.2 Å². The monoisotopic (exact) mass is 460 g/mol. The Balaban J connectivity index is 0.00000101. The summed E-state index contributed by atoms with van der Waals surface area (Å²) >= 11 is 9.40. The molecule has 144 valence electrons. The number of ether oxygens (including phenoxy) is 1. The molecule has 0 atom stereocenters. The number of amides is 1. The van der Waals surface area contributed by atoms with Gasteiger partial charge in [0.05, 0.1) is 17.7 Å².